The third-order valence-electron chi connectivity index (χ3n) is 2.32. The average molecular weight is 233 g/mol. The molecule has 17 heavy (non-hydrogen) atoms. The van der Waals surface area contributed by atoms with Gasteiger partial charge in [-0.05, 0) is 12.1 Å². The molecule has 1 heterocycles. The van der Waals surface area contributed by atoms with Gasteiger partial charge in [0.05, 0.1) is 7.11 Å². The third-order valence-corrected chi connectivity index (χ3v) is 2.32. The first-order chi connectivity index (χ1) is 8.31. The van der Waals surface area contributed by atoms with Gasteiger partial charge in [0.15, 0.2) is 0 Å². The van der Waals surface area contributed by atoms with Crippen molar-refractivity contribution in [2.75, 3.05) is 7.11 Å². The molecule has 0 atom stereocenters. The van der Waals surface area contributed by atoms with Crippen LogP contribution in [0, 0.1) is 0 Å². The van der Waals surface area contributed by atoms with E-state index in [-0.39, 0.29) is 0 Å². The van der Waals surface area contributed by atoms with Crippen LogP contribution in [0.3, 0.4) is 0 Å². The second-order valence-electron chi connectivity index (χ2n) is 3.53. The Morgan fingerprint density at radius 3 is 2.88 bits per heavy atom. The molecule has 0 spiro atoms. The summed E-state index contributed by atoms with van der Waals surface area (Å²) in [6.07, 6.45) is 1.71. The molecule has 2 rings (SSSR count). The standard InChI is InChI=1S/C12H15N3O2/c1-16-10-3-2-4-11(5-10)17-8-12-14-7-9(6-13)15-12/h2-5,7H,6,8,13H2,1H3,(H,14,15). The molecule has 0 saturated heterocycles. The van der Waals surface area contributed by atoms with Crippen LogP contribution in [0.2, 0.25) is 0 Å². The Balaban J connectivity index is 1.96. The van der Waals surface area contributed by atoms with Crippen molar-refractivity contribution in [2.45, 2.75) is 13.2 Å². The normalized spacial score (nSPS) is 10.2. The summed E-state index contributed by atoms with van der Waals surface area (Å²) >= 11 is 0. The molecule has 0 fully saturated rings. The number of benzene rings is 1. The number of nitrogens with two attached hydrogens (primary N) is 1. The van der Waals surface area contributed by atoms with E-state index in [4.69, 9.17) is 15.2 Å². The Labute approximate surface area is 99.6 Å². The van der Waals surface area contributed by atoms with Gasteiger partial charge in [-0.3, -0.25) is 0 Å². The number of H-pyrrole nitrogens is 1. The summed E-state index contributed by atoms with van der Waals surface area (Å²) in [5.41, 5.74) is 6.38. The topological polar surface area (TPSA) is 73.2 Å². The highest BCUT2D eigenvalue weighted by atomic mass is 16.5. The van der Waals surface area contributed by atoms with E-state index in [0.29, 0.717) is 13.2 Å². The lowest BCUT2D eigenvalue weighted by Crippen LogP contribution is -1.99. The first kappa shape index (κ1) is 11.5. The molecule has 3 N–H and O–H groups in total. The zero-order valence-corrected chi connectivity index (χ0v) is 9.64. The molecule has 0 aliphatic carbocycles. The van der Waals surface area contributed by atoms with Crippen LogP contribution in [-0.2, 0) is 13.2 Å². The van der Waals surface area contributed by atoms with Crippen LogP contribution in [0.25, 0.3) is 0 Å². The van der Waals surface area contributed by atoms with E-state index >= 15 is 0 Å². The van der Waals surface area contributed by atoms with E-state index in [1.165, 1.54) is 0 Å². The van der Waals surface area contributed by atoms with Crippen LogP contribution in [0.5, 0.6) is 11.5 Å². The van der Waals surface area contributed by atoms with Gasteiger partial charge in [-0.15, -0.1) is 0 Å². The molecule has 0 radical (unpaired) electrons. The van der Waals surface area contributed by atoms with Crippen LogP contribution in [0.4, 0.5) is 0 Å². The van der Waals surface area contributed by atoms with Gasteiger partial charge in [0.2, 0.25) is 0 Å². The maximum Gasteiger partial charge on any atom is 0.146 e. The van der Waals surface area contributed by atoms with Crippen LogP contribution >= 0.6 is 0 Å². The van der Waals surface area contributed by atoms with Crippen LogP contribution in [0.1, 0.15) is 11.5 Å². The molecule has 0 unspecified atom stereocenters. The van der Waals surface area contributed by atoms with Crippen LogP contribution in [-0.4, -0.2) is 17.1 Å². The number of hydrogen-bond donors (Lipinski definition) is 2. The Kier molecular flexibility index (Phi) is 3.62. The van der Waals surface area contributed by atoms with Crippen LogP contribution in [0.15, 0.2) is 30.5 Å². The van der Waals surface area contributed by atoms with Crippen molar-refractivity contribution in [3.05, 3.63) is 42.0 Å². The molecular weight excluding hydrogens is 218 g/mol. The fourth-order valence-corrected chi connectivity index (χ4v) is 1.43. The maximum atomic E-state index is 5.58. The lowest BCUT2D eigenvalue weighted by Gasteiger charge is -2.05. The smallest absolute Gasteiger partial charge is 0.146 e. The lowest BCUT2D eigenvalue weighted by atomic mass is 10.3. The Morgan fingerprint density at radius 1 is 1.35 bits per heavy atom. The summed E-state index contributed by atoms with van der Waals surface area (Å²) in [4.78, 5) is 7.22. The Bertz CT molecular complexity index is 482. The van der Waals surface area contributed by atoms with Gasteiger partial charge in [0.1, 0.15) is 23.9 Å². The second kappa shape index (κ2) is 5.36. The number of hydrogen-bond acceptors (Lipinski definition) is 4. The number of nitrogens with zero attached hydrogens (tertiary/aromatic N) is 1. The van der Waals surface area contributed by atoms with Gasteiger partial charge in [-0.2, -0.15) is 0 Å². The Hall–Kier alpha value is -2.01. The maximum absolute atomic E-state index is 5.58. The van der Waals surface area contributed by atoms with Crippen molar-refractivity contribution in [1.29, 1.82) is 0 Å². The molecule has 2 aromatic rings. The van der Waals surface area contributed by atoms with Gasteiger partial charge >= 0.3 is 0 Å². The van der Waals surface area contributed by atoms with E-state index in [9.17, 15) is 0 Å². The predicted octanol–water partition coefficient (Wildman–Crippen LogP) is 1.46. The van der Waals surface area contributed by atoms with Crippen molar-refractivity contribution in [3.63, 3.8) is 0 Å². The van der Waals surface area contributed by atoms with E-state index < -0.39 is 0 Å². The largest absolute Gasteiger partial charge is 0.497 e. The third kappa shape index (κ3) is 2.98. The van der Waals surface area contributed by atoms with Gasteiger partial charge < -0.3 is 20.2 Å². The number of aromatic amines is 1. The molecular formula is C12H15N3O2. The van der Waals surface area contributed by atoms with E-state index in [1.54, 1.807) is 13.3 Å². The van der Waals surface area contributed by atoms with E-state index in [1.807, 2.05) is 24.3 Å². The van der Waals surface area contributed by atoms with Crippen molar-refractivity contribution >= 4 is 0 Å². The number of nitrogens with one attached hydrogen (secondary N) is 1. The quantitative estimate of drug-likeness (QED) is 0.820. The second-order valence-corrected chi connectivity index (χ2v) is 3.53. The summed E-state index contributed by atoms with van der Waals surface area (Å²) in [5, 5.41) is 0. The molecule has 5 nitrogen and oxygen atoms in total. The molecule has 1 aromatic carbocycles. The summed E-state index contributed by atoms with van der Waals surface area (Å²) in [5.74, 6) is 2.27. The lowest BCUT2D eigenvalue weighted by molar-refractivity contribution is 0.294. The molecule has 0 amide bonds. The molecule has 0 bridgehead atoms. The molecule has 0 aliphatic heterocycles. The summed E-state index contributed by atoms with van der Waals surface area (Å²) in [6.45, 7) is 0.833. The van der Waals surface area contributed by atoms with E-state index in [0.717, 1.165) is 23.0 Å². The highest BCUT2D eigenvalue weighted by Crippen LogP contribution is 2.19. The molecule has 5 heteroatoms. The Morgan fingerprint density at radius 2 is 2.18 bits per heavy atom. The zero-order chi connectivity index (χ0) is 12.1. The molecule has 0 saturated carbocycles. The van der Waals surface area contributed by atoms with Crippen LogP contribution < -0.4 is 15.2 Å². The fourth-order valence-electron chi connectivity index (χ4n) is 1.43. The highest BCUT2D eigenvalue weighted by molar-refractivity contribution is 5.32. The predicted molar refractivity (Wildman–Crippen MR) is 63.8 cm³/mol. The molecule has 90 valence electrons. The zero-order valence-electron chi connectivity index (χ0n) is 9.64. The first-order valence-corrected chi connectivity index (χ1v) is 5.31. The van der Waals surface area contributed by atoms with Gasteiger partial charge in [-0.1, -0.05) is 6.07 Å². The molecule has 0 aliphatic rings. The minimum atomic E-state index is 0.382. The monoisotopic (exact) mass is 233 g/mol. The first-order valence-electron chi connectivity index (χ1n) is 5.31. The summed E-state index contributed by atoms with van der Waals surface area (Å²) < 4.78 is 10.7. The van der Waals surface area contributed by atoms with Crippen molar-refractivity contribution in [3.8, 4) is 11.5 Å². The summed E-state index contributed by atoms with van der Waals surface area (Å²) in [7, 11) is 1.62. The van der Waals surface area contributed by atoms with Crippen molar-refractivity contribution in [1.82, 2.24) is 9.97 Å². The average Bonchev–Trinajstić information content (AvgIpc) is 2.84. The minimum absolute atomic E-state index is 0.382. The number of ether oxygens (including phenoxy) is 2. The SMILES string of the molecule is COc1cccc(OCc2ncc(CN)[nH]2)c1. The highest BCUT2D eigenvalue weighted by Gasteiger charge is 2.01. The number of aromatic nitrogens is 2. The minimum Gasteiger partial charge on any atom is -0.497 e. The fraction of sp³-hybridized carbons (Fsp3) is 0.250. The number of imidazole rings is 1. The van der Waals surface area contributed by atoms with Gasteiger partial charge in [0, 0.05) is 24.5 Å². The number of rotatable bonds is 5. The van der Waals surface area contributed by atoms with Gasteiger partial charge in [0.25, 0.3) is 0 Å². The van der Waals surface area contributed by atoms with E-state index in [2.05, 4.69) is 9.97 Å². The van der Waals surface area contributed by atoms with Gasteiger partial charge in [-0.25, -0.2) is 4.98 Å². The molecule has 1 aromatic heterocycles. The summed E-state index contributed by atoms with van der Waals surface area (Å²) in [6, 6.07) is 7.44. The number of methoxy groups -OCH3 is 1. The van der Waals surface area contributed by atoms with Crippen molar-refractivity contribution < 1.29 is 9.47 Å². The van der Waals surface area contributed by atoms with Crippen molar-refractivity contribution in [2.24, 2.45) is 5.73 Å².